The highest BCUT2D eigenvalue weighted by molar-refractivity contribution is 6.42. The van der Waals surface area contributed by atoms with E-state index in [0.717, 1.165) is 11.1 Å². The molecular weight excluding hydrogens is 337 g/mol. The van der Waals surface area contributed by atoms with Gasteiger partial charge in [0.1, 0.15) is 0 Å². The van der Waals surface area contributed by atoms with Crippen LogP contribution < -0.4 is 0 Å². The van der Waals surface area contributed by atoms with Crippen LogP contribution in [0.5, 0.6) is 0 Å². The van der Waals surface area contributed by atoms with Crippen molar-refractivity contribution in [2.24, 2.45) is 4.99 Å². The minimum absolute atomic E-state index is 0.0587. The van der Waals surface area contributed by atoms with Gasteiger partial charge in [0.2, 0.25) is 0 Å². The molecule has 0 bridgehead atoms. The average molecular weight is 354 g/mol. The van der Waals surface area contributed by atoms with E-state index >= 15 is 0 Å². The van der Waals surface area contributed by atoms with Crippen LogP contribution in [-0.2, 0) is 0 Å². The van der Waals surface area contributed by atoms with Crippen LogP contribution in [-0.4, -0.2) is 6.21 Å². The van der Waals surface area contributed by atoms with Crippen LogP contribution in [0.25, 0.3) is 11.1 Å². The molecule has 0 N–H and O–H groups in total. The molecule has 3 rings (SSSR count). The molecule has 0 aliphatic carbocycles. The molecule has 0 aliphatic rings. The van der Waals surface area contributed by atoms with Crippen molar-refractivity contribution in [2.75, 3.05) is 0 Å². The van der Waals surface area contributed by atoms with E-state index in [1.165, 1.54) is 11.1 Å². The maximum atomic E-state index is 6.27. The Labute approximate surface area is 152 Å². The van der Waals surface area contributed by atoms with Gasteiger partial charge in [0.15, 0.2) is 0 Å². The second kappa shape index (κ2) is 7.65. The highest BCUT2D eigenvalue weighted by Gasteiger charge is 2.10. The number of aliphatic imine (C=N–C) groups is 1. The van der Waals surface area contributed by atoms with Gasteiger partial charge in [-0.3, -0.25) is 4.99 Å². The number of hydrogen-bond acceptors (Lipinski definition) is 1. The van der Waals surface area contributed by atoms with Crippen molar-refractivity contribution in [3.8, 4) is 11.1 Å². The fraction of sp³-hybridized carbons (Fsp3) is 0.0952. The Hall–Kier alpha value is -2.09. The molecule has 0 spiro atoms. The number of hydrogen-bond donors (Lipinski definition) is 0. The summed E-state index contributed by atoms with van der Waals surface area (Å²) < 4.78 is 0. The van der Waals surface area contributed by atoms with Crippen molar-refractivity contribution < 1.29 is 0 Å². The Morgan fingerprint density at radius 3 is 2.33 bits per heavy atom. The first kappa shape index (κ1) is 16.8. The van der Waals surface area contributed by atoms with Gasteiger partial charge in [0.25, 0.3) is 0 Å². The van der Waals surface area contributed by atoms with Crippen molar-refractivity contribution in [3.63, 3.8) is 0 Å². The lowest BCUT2D eigenvalue weighted by Crippen LogP contribution is -1.93. The molecular formula is C21H17Cl2N. The lowest BCUT2D eigenvalue weighted by Gasteiger charge is -2.10. The molecule has 0 aliphatic heterocycles. The molecule has 3 aromatic carbocycles. The first-order chi connectivity index (χ1) is 11.6. The molecule has 3 heteroatoms. The SMILES string of the molecule is CC(/N=C/c1cccc(-c2ccccc2)c1)c1cccc(Cl)c1Cl. The third-order valence-electron chi connectivity index (χ3n) is 3.87. The fourth-order valence-corrected chi connectivity index (χ4v) is 3.02. The van der Waals surface area contributed by atoms with E-state index in [9.17, 15) is 0 Å². The molecule has 0 fully saturated rings. The largest absolute Gasteiger partial charge is 0.285 e. The van der Waals surface area contributed by atoms with Gasteiger partial charge in [0, 0.05) is 6.21 Å². The van der Waals surface area contributed by atoms with Gasteiger partial charge in [-0.05, 0) is 41.3 Å². The summed E-state index contributed by atoms with van der Waals surface area (Å²) in [6.45, 7) is 2.01. The summed E-state index contributed by atoms with van der Waals surface area (Å²) in [5.41, 5.74) is 4.35. The van der Waals surface area contributed by atoms with Gasteiger partial charge in [-0.15, -0.1) is 0 Å². The average Bonchev–Trinajstić information content (AvgIpc) is 2.63. The van der Waals surface area contributed by atoms with Crippen LogP contribution in [0.15, 0.2) is 77.8 Å². The predicted molar refractivity (Wildman–Crippen MR) is 104 cm³/mol. The lowest BCUT2D eigenvalue weighted by atomic mass is 10.0. The normalized spacial score (nSPS) is 12.5. The Bertz CT molecular complexity index is 857. The Morgan fingerprint density at radius 1 is 0.833 bits per heavy atom. The minimum atomic E-state index is -0.0587. The maximum absolute atomic E-state index is 6.27. The highest BCUT2D eigenvalue weighted by Crippen LogP contribution is 2.31. The molecule has 0 aromatic heterocycles. The van der Waals surface area contributed by atoms with Crippen molar-refractivity contribution >= 4 is 29.4 Å². The zero-order valence-electron chi connectivity index (χ0n) is 13.3. The van der Waals surface area contributed by atoms with Crippen molar-refractivity contribution in [2.45, 2.75) is 13.0 Å². The van der Waals surface area contributed by atoms with E-state index < -0.39 is 0 Å². The molecule has 3 aromatic rings. The van der Waals surface area contributed by atoms with E-state index in [1.54, 1.807) is 6.07 Å². The fourth-order valence-electron chi connectivity index (χ4n) is 2.55. The van der Waals surface area contributed by atoms with Crippen LogP contribution in [0.3, 0.4) is 0 Å². The molecule has 24 heavy (non-hydrogen) atoms. The third kappa shape index (κ3) is 3.87. The zero-order chi connectivity index (χ0) is 16.9. The molecule has 0 amide bonds. The first-order valence-corrected chi connectivity index (χ1v) is 8.53. The highest BCUT2D eigenvalue weighted by atomic mass is 35.5. The monoisotopic (exact) mass is 353 g/mol. The molecule has 1 atom stereocenters. The summed E-state index contributed by atoms with van der Waals surface area (Å²) in [6, 6.07) is 24.2. The van der Waals surface area contributed by atoms with Gasteiger partial charge < -0.3 is 0 Å². The second-order valence-corrected chi connectivity index (χ2v) is 6.37. The Kier molecular flexibility index (Phi) is 5.34. The van der Waals surface area contributed by atoms with Crippen molar-refractivity contribution in [1.29, 1.82) is 0 Å². The topological polar surface area (TPSA) is 12.4 Å². The predicted octanol–water partition coefficient (Wildman–Crippen LogP) is 6.84. The summed E-state index contributed by atoms with van der Waals surface area (Å²) in [5, 5.41) is 1.13. The lowest BCUT2D eigenvalue weighted by molar-refractivity contribution is 0.825. The van der Waals surface area contributed by atoms with Gasteiger partial charge >= 0.3 is 0 Å². The molecule has 1 unspecified atom stereocenters. The summed E-state index contributed by atoms with van der Waals surface area (Å²) in [7, 11) is 0. The van der Waals surface area contributed by atoms with Crippen LogP contribution in [0.1, 0.15) is 24.1 Å². The first-order valence-electron chi connectivity index (χ1n) is 7.78. The molecule has 0 radical (unpaired) electrons. The van der Waals surface area contributed by atoms with Gasteiger partial charge in [-0.1, -0.05) is 83.9 Å². The molecule has 120 valence electrons. The van der Waals surface area contributed by atoms with E-state index in [1.807, 2.05) is 55.6 Å². The molecule has 0 heterocycles. The third-order valence-corrected chi connectivity index (χ3v) is 4.71. The molecule has 0 saturated heterocycles. The second-order valence-electron chi connectivity index (χ2n) is 5.59. The standard InChI is InChI=1S/C21H17Cl2N/c1-15(19-11-6-12-20(22)21(19)23)24-14-16-7-5-10-18(13-16)17-8-3-2-4-9-17/h2-15H,1H3/b24-14+. The van der Waals surface area contributed by atoms with Gasteiger partial charge in [0.05, 0.1) is 16.1 Å². The molecule has 1 nitrogen and oxygen atoms in total. The minimum Gasteiger partial charge on any atom is -0.285 e. The van der Waals surface area contributed by atoms with Crippen LogP contribution in [0.2, 0.25) is 10.0 Å². The number of benzene rings is 3. The quantitative estimate of drug-likeness (QED) is 0.455. The van der Waals surface area contributed by atoms with Crippen LogP contribution >= 0.6 is 23.2 Å². The van der Waals surface area contributed by atoms with E-state index in [-0.39, 0.29) is 6.04 Å². The number of rotatable bonds is 4. The maximum Gasteiger partial charge on any atom is 0.0736 e. The smallest absolute Gasteiger partial charge is 0.0736 e. The zero-order valence-corrected chi connectivity index (χ0v) is 14.8. The summed E-state index contributed by atoms with van der Waals surface area (Å²) in [4.78, 5) is 4.63. The summed E-state index contributed by atoms with van der Waals surface area (Å²) >= 11 is 12.3. The Balaban J connectivity index is 1.83. The number of nitrogens with zero attached hydrogens (tertiary/aromatic N) is 1. The van der Waals surface area contributed by atoms with Crippen molar-refractivity contribution in [3.05, 3.63) is 94.0 Å². The van der Waals surface area contributed by atoms with E-state index in [2.05, 4.69) is 29.3 Å². The van der Waals surface area contributed by atoms with E-state index in [0.29, 0.717) is 10.0 Å². The summed E-state index contributed by atoms with van der Waals surface area (Å²) in [6.07, 6.45) is 1.88. The van der Waals surface area contributed by atoms with E-state index in [4.69, 9.17) is 23.2 Å². The van der Waals surface area contributed by atoms with Crippen LogP contribution in [0, 0.1) is 0 Å². The van der Waals surface area contributed by atoms with Gasteiger partial charge in [-0.2, -0.15) is 0 Å². The molecule has 0 saturated carbocycles. The van der Waals surface area contributed by atoms with Gasteiger partial charge in [-0.25, -0.2) is 0 Å². The van der Waals surface area contributed by atoms with Crippen LogP contribution in [0.4, 0.5) is 0 Å². The number of halogens is 2. The summed E-state index contributed by atoms with van der Waals surface area (Å²) in [5.74, 6) is 0. The van der Waals surface area contributed by atoms with Crippen molar-refractivity contribution in [1.82, 2.24) is 0 Å². The Morgan fingerprint density at radius 2 is 1.54 bits per heavy atom.